The van der Waals surface area contributed by atoms with Crippen LogP contribution >= 0.6 is 0 Å². The number of rotatable bonds is 7. The molecule has 5 heteroatoms. The van der Waals surface area contributed by atoms with Crippen LogP contribution in [0.15, 0.2) is 73.1 Å². The van der Waals surface area contributed by atoms with Crippen molar-refractivity contribution in [3.05, 3.63) is 90.0 Å². The maximum atomic E-state index is 13.4. The molecule has 1 heterocycles. The Hall–Kier alpha value is -3.05. The van der Waals surface area contributed by atoms with Crippen molar-refractivity contribution in [2.24, 2.45) is 0 Å². The molecular formula is C22H21FN2O2. The van der Waals surface area contributed by atoms with E-state index in [2.05, 4.69) is 4.98 Å². The SMILES string of the molecule is COCCN(Cc1cccnc1)C(=O)c1ccc(-c2cccc(F)c2)cc1. The highest BCUT2D eigenvalue weighted by Crippen LogP contribution is 2.21. The molecule has 2 aromatic carbocycles. The van der Waals surface area contributed by atoms with E-state index in [1.165, 1.54) is 12.1 Å². The lowest BCUT2D eigenvalue weighted by molar-refractivity contribution is 0.0680. The second-order valence-corrected chi connectivity index (χ2v) is 6.17. The van der Waals surface area contributed by atoms with Crippen LogP contribution in [0.25, 0.3) is 11.1 Å². The molecule has 0 unspecified atom stereocenters. The Kier molecular flexibility index (Phi) is 6.28. The summed E-state index contributed by atoms with van der Waals surface area (Å²) in [5, 5.41) is 0. The van der Waals surface area contributed by atoms with Crippen LogP contribution in [0, 0.1) is 5.82 Å². The van der Waals surface area contributed by atoms with Crippen LogP contribution in [0.2, 0.25) is 0 Å². The highest BCUT2D eigenvalue weighted by Gasteiger charge is 2.16. The first-order valence-electron chi connectivity index (χ1n) is 8.70. The molecule has 0 saturated heterocycles. The lowest BCUT2D eigenvalue weighted by Gasteiger charge is -2.22. The minimum absolute atomic E-state index is 0.0818. The van der Waals surface area contributed by atoms with Gasteiger partial charge in [0.25, 0.3) is 5.91 Å². The summed E-state index contributed by atoms with van der Waals surface area (Å²) in [6.07, 6.45) is 3.45. The van der Waals surface area contributed by atoms with Crippen LogP contribution in [0.4, 0.5) is 4.39 Å². The maximum absolute atomic E-state index is 13.4. The zero-order valence-corrected chi connectivity index (χ0v) is 15.1. The fraction of sp³-hybridized carbons (Fsp3) is 0.182. The van der Waals surface area contributed by atoms with Crippen molar-refractivity contribution in [3.63, 3.8) is 0 Å². The van der Waals surface area contributed by atoms with Crippen molar-refractivity contribution < 1.29 is 13.9 Å². The van der Waals surface area contributed by atoms with Crippen LogP contribution in [-0.4, -0.2) is 36.1 Å². The Balaban J connectivity index is 1.78. The van der Waals surface area contributed by atoms with Crippen molar-refractivity contribution in [2.75, 3.05) is 20.3 Å². The number of methoxy groups -OCH3 is 1. The van der Waals surface area contributed by atoms with Crippen molar-refractivity contribution in [3.8, 4) is 11.1 Å². The predicted molar refractivity (Wildman–Crippen MR) is 103 cm³/mol. The Morgan fingerprint density at radius 1 is 1.07 bits per heavy atom. The highest BCUT2D eigenvalue weighted by atomic mass is 19.1. The Labute approximate surface area is 158 Å². The lowest BCUT2D eigenvalue weighted by atomic mass is 10.0. The van der Waals surface area contributed by atoms with Crippen LogP contribution < -0.4 is 0 Å². The van der Waals surface area contributed by atoms with E-state index in [0.717, 1.165) is 16.7 Å². The third kappa shape index (κ3) is 4.99. The first-order valence-corrected chi connectivity index (χ1v) is 8.70. The fourth-order valence-electron chi connectivity index (χ4n) is 2.82. The van der Waals surface area contributed by atoms with E-state index in [4.69, 9.17) is 4.74 Å². The molecule has 1 aromatic heterocycles. The zero-order chi connectivity index (χ0) is 19.1. The number of nitrogens with zero attached hydrogens (tertiary/aromatic N) is 2. The summed E-state index contributed by atoms with van der Waals surface area (Å²) >= 11 is 0. The number of hydrogen-bond donors (Lipinski definition) is 0. The third-order valence-corrected chi connectivity index (χ3v) is 4.24. The first-order chi connectivity index (χ1) is 13.2. The van der Waals surface area contributed by atoms with Crippen LogP contribution in [0.5, 0.6) is 0 Å². The summed E-state index contributed by atoms with van der Waals surface area (Å²) in [4.78, 5) is 18.8. The number of amides is 1. The van der Waals surface area contributed by atoms with E-state index >= 15 is 0 Å². The predicted octanol–water partition coefficient (Wildman–Crippen LogP) is 4.18. The largest absolute Gasteiger partial charge is 0.383 e. The van der Waals surface area contributed by atoms with Crippen molar-refractivity contribution in [2.45, 2.75) is 6.54 Å². The number of carbonyl (C=O) groups excluding carboxylic acids is 1. The van der Waals surface area contributed by atoms with Crippen LogP contribution in [0.1, 0.15) is 15.9 Å². The van der Waals surface area contributed by atoms with Gasteiger partial charge in [-0.05, 0) is 47.0 Å². The van der Waals surface area contributed by atoms with Gasteiger partial charge in [-0.15, -0.1) is 0 Å². The number of aromatic nitrogens is 1. The van der Waals surface area contributed by atoms with E-state index in [-0.39, 0.29) is 11.7 Å². The minimum Gasteiger partial charge on any atom is -0.383 e. The van der Waals surface area contributed by atoms with Crippen molar-refractivity contribution in [1.29, 1.82) is 0 Å². The van der Waals surface area contributed by atoms with Crippen molar-refractivity contribution >= 4 is 5.91 Å². The molecule has 0 radical (unpaired) electrons. The molecule has 0 bridgehead atoms. The van der Waals surface area contributed by atoms with Gasteiger partial charge in [-0.2, -0.15) is 0 Å². The number of benzene rings is 2. The van der Waals surface area contributed by atoms with Gasteiger partial charge in [-0.3, -0.25) is 9.78 Å². The molecule has 0 aliphatic rings. The summed E-state index contributed by atoms with van der Waals surface area (Å²) < 4.78 is 18.6. The molecule has 0 atom stereocenters. The molecule has 0 fully saturated rings. The Morgan fingerprint density at radius 2 is 1.89 bits per heavy atom. The highest BCUT2D eigenvalue weighted by molar-refractivity contribution is 5.94. The Bertz CT molecular complexity index is 882. The molecule has 3 rings (SSSR count). The Morgan fingerprint density at radius 3 is 2.56 bits per heavy atom. The van der Waals surface area contributed by atoms with Gasteiger partial charge in [0, 0.05) is 38.2 Å². The average molecular weight is 364 g/mol. The van der Waals surface area contributed by atoms with E-state index in [1.54, 1.807) is 42.6 Å². The molecular weight excluding hydrogens is 343 g/mol. The molecule has 0 aliphatic carbocycles. The zero-order valence-electron chi connectivity index (χ0n) is 15.1. The standard InChI is InChI=1S/C22H21FN2O2/c1-27-13-12-25(16-17-4-3-11-24-15-17)22(26)19-9-7-18(8-10-19)20-5-2-6-21(23)14-20/h2-11,14-15H,12-13,16H2,1H3. The first kappa shape index (κ1) is 18.7. The summed E-state index contributed by atoms with van der Waals surface area (Å²) in [6.45, 7) is 1.39. The molecule has 4 nitrogen and oxygen atoms in total. The number of hydrogen-bond acceptors (Lipinski definition) is 3. The van der Waals surface area contributed by atoms with Crippen LogP contribution in [0.3, 0.4) is 0 Å². The summed E-state index contributed by atoms with van der Waals surface area (Å²) in [5.74, 6) is -0.364. The molecule has 0 saturated carbocycles. The monoisotopic (exact) mass is 364 g/mol. The quantitative estimate of drug-likeness (QED) is 0.632. The van der Waals surface area contributed by atoms with Gasteiger partial charge < -0.3 is 9.64 Å². The smallest absolute Gasteiger partial charge is 0.254 e. The third-order valence-electron chi connectivity index (χ3n) is 4.24. The molecule has 138 valence electrons. The number of pyridine rings is 1. The van der Waals surface area contributed by atoms with E-state index < -0.39 is 0 Å². The van der Waals surface area contributed by atoms with Gasteiger partial charge in [0.1, 0.15) is 5.82 Å². The molecule has 0 aliphatic heterocycles. The lowest BCUT2D eigenvalue weighted by Crippen LogP contribution is -2.33. The van der Waals surface area contributed by atoms with Gasteiger partial charge >= 0.3 is 0 Å². The van der Waals surface area contributed by atoms with Crippen LogP contribution in [-0.2, 0) is 11.3 Å². The normalized spacial score (nSPS) is 10.6. The number of carbonyl (C=O) groups is 1. The molecule has 0 spiro atoms. The minimum atomic E-state index is -0.283. The van der Waals surface area contributed by atoms with Crippen molar-refractivity contribution in [1.82, 2.24) is 9.88 Å². The fourth-order valence-corrected chi connectivity index (χ4v) is 2.82. The second-order valence-electron chi connectivity index (χ2n) is 6.17. The maximum Gasteiger partial charge on any atom is 0.254 e. The van der Waals surface area contributed by atoms with E-state index in [1.807, 2.05) is 30.3 Å². The topological polar surface area (TPSA) is 42.4 Å². The number of halogens is 1. The molecule has 0 N–H and O–H groups in total. The van der Waals surface area contributed by atoms with E-state index in [9.17, 15) is 9.18 Å². The van der Waals surface area contributed by atoms with Gasteiger partial charge in [0.2, 0.25) is 0 Å². The summed E-state index contributed by atoms with van der Waals surface area (Å²) in [5.41, 5.74) is 3.18. The van der Waals surface area contributed by atoms with Gasteiger partial charge in [-0.25, -0.2) is 4.39 Å². The molecule has 27 heavy (non-hydrogen) atoms. The summed E-state index contributed by atoms with van der Waals surface area (Å²) in [7, 11) is 1.61. The molecule has 3 aromatic rings. The van der Waals surface area contributed by atoms with Gasteiger partial charge in [0.15, 0.2) is 0 Å². The van der Waals surface area contributed by atoms with E-state index in [0.29, 0.717) is 25.3 Å². The van der Waals surface area contributed by atoms with Gasteiger partial charge in [0.05, 0.1) is 6.61 Å². The number of ether oxygens (including phenoxy) is 1. The van der Waals surface area contributed by atoms with Gasteiger partial charge in [-0.1, -0.05) is 30.3 Å². The molecule has 1 amide bonds. The summed E-state index contributed by atoms with van der Waals surface area (Å²) in [6, 6.07) is 17.4. The second kappa shape index (κ2) is 9.05. The average Bonchev–Trinajstić information content (AvgIpc) is 2.71.